The van der Waals surface area contributed by atoms with Gasteiger partial charge in [-0.2, -0.15) is 5.26 Å². The average molecular weight is 466 g/mol. The number of pyridine rings is 1. The van der Waals surface area contributed by atoms with E-state index in [9.17, 15) is 9.59 Å². The van der Waals surface area contributed by atoms with Gasteiger partial charge in [0.25, 0.3) is 0 Å². The molecule has 35 heavy (non-hydrogen) atoms. The number of likely N-dealkylation sites (tertiary alicyclic amines) is 1. The van der Waals surface area contributed by atoms with Crippen molar-refractivity contribution in [3.8, 4) is 11.8 Å². The molecule has 7 heteroatoms. The van der Waals surface area contributed by atoms with Gasteiger partial charge in [0, 0.05) is 30.9 Å². The van der Waals surface area contributed by atoms with Crippen LogP contribution < -0.4 is 4.74 Å². The maximum atomic E-state index is 13.6. The molecule has 2 aliphatic heterocycles. The van der Waals surface area contributed by atoms with Gasteiger partial charge in [0.15, 0.2) is 5.60 Å². The summed E-state index contributed by atoms with van der Waals surface area (Å²) < 4.78 is 11.7. The van der Waals surface area contributed by atoms with Crippen molar-refractivity contribution in [3.05, 3.63) is 94.8 Å². The molecule has 3 aliphatic rings. The number of benzene rings is 2. The molecular formula is C28H23N3O4. The first-order valence-electron chi connectivity index (χ1n) is 11.7. The fourth-order valence-corrected chi connectivity index (χ4v) is 5.27. The SMILES string of the molecule is N#Cc1ccc(COc2ccc(C3(C(=O)N4CCC5(C4)OC(=O)c4cnccc45)CC3)cc2)cc1. The molecule has 0 radical (unpaired) electrons. The Bertz CT molecular complexity index is 1360. The zero-order valence-electron chi connectivity index (χ0n) is 19.1. The summed E-state index contributed by atoms with van der Waals surface area (Å²) in [6, 6.07) is 19.0. The van der Waals surface area contributed by atoms with Crippen molar-refractivity contribution in [3.63, 3.8) is 0 Å². The van der Waals surface area contributed by atoms with Gasteiger partial charge in [-0.25, -0.2) is 4.79 Å². The number of ether oxygens (including phenoxy) is 2. The predicted octanol–water partition coefficient (Wildman–Crippen LogP) is 3.86. The minimum atomic E-state index is -0.760. The largest absolute Gasteiger partial charge is 0.489 e. The molecule has 1 aliphatic carbocycles. The molecule has 2 aromatic carbocycles. The molecule has 1 unspecified atom stereocenters. The molecule has 2 fully saturated rings. The van der Waals surface area contributed by atoms with Crippen molar-refractivity contribution >= 4 is 11.9 Å². The van der Waals surface area contributed by atoms with Gasteiger partial charge in [0.05, 0.1) is 29.2 Å². The molecule has 6 rings (SSSR count). The lowest BCUT2D eigenvalue weighted by Crippen LogP contribution is -2.40. The Hall–Kier alpha value is -4.18. The summed E-state index contributed by atoms with van der Waals surface area (Å²) in [6.45, 7) is 1.34. The fourth-order valence-electron chi connectivity index (χ4n) is 5.27. The van der Waals surface area contributed by atoms with Crippen LogP contribution in [0.4, 0.5) is 0 Å². The first-order chi connectivity index (χ1) is 17.0. The van der Waals surface area contributed by atoms with Crippen molar-refractivity contribution in [2.24, 2.45) is 0 Å². The number of hydrogen-bond acceptors (Lipinski definition) is 6. The Morgan fingerprint density at radius 3 is 2.57 bits per heavy atom. The third-order valence-electron chi connectivity index (χ3n) is 7.39. The van der Waals surface area contributed by atoms with Crippen molar-refractivity contribution < 1.29 is 19.1 Å². The third kappa shape index (κ3) is 3.53. The van der Waals surface area contributed by atoms with E-state index < -0.39 is 11.0 Å². The zero-order chi connectivity index (χ0) is 24.0. The molecule has 1 spiro atoms. The lowest BCUT2D eigenvalue weighted by atomic mass is 9.92. The molecule has 1 aromatic heterocycles. The van der Waals surface area contributed by atoms with E-state index in [4.69, 9.17) is 14.7 Å². The second-order valence-electron chi connectivity index (χ2n) is 9.49. The van der Waals surface area contributed by atoms with E-state index >= 15 is 0 Å². The van der Waals surface area contributed by atoms with Crippen LogP contribution in [0, 0.1) is 11.3 Å². The Balaban J connectivity index is 1.14. The number of nitriles is 1. The second-order valence-corrected chi connectivity index (χ2v) is 9.49. The predicted molar refractivity (Wildman–Crippen MR) is 125 cm³/mol. The summed E-state index contributed by atoms with van der Waals surface area (Å²) in [4.78, 5) is 31.9. The Morgan fingerprint density at radius 2 is 1.86 bits per heavy atom. The van der Waals surface area contributed by atoms with Gasteiger partial charge in [0.1, 0.15) is 12.4 Å². The highest BCUT2D eigenvalue weighted by atomic mass is 16.6. The zero-order valence-corrected chi connectivity index (χ0v) is 19.1. The number of rotatable bonds is 5. The second kappa shape index (κ2) is 7.95. The topological polar surface area (TPSA) is 92.5 Å². The highest BCUT2D eigenvalue weighted by molar-refractivity contribution is 5.95. The van der Waals surface area contributed by atoms with Gasteiger partial charge in [-0.3, -0.25) is 9.78 Å². The van der Waals surface area contributed by atoms with Crippen molar-refractivity contribution in [2.75, 3.05) is 13.1 Å². The molecule has 174 valence electrons. The highest BCUT2D eigenvalue weighted by Crippen LogP contribution is 2.52. The van der Waals surface area contributed by atoms with E-state index in [1.807, 2.05) is 47.4 Å². The van der Waals surface area contributed by atoms with Crippen LogP contribution in [-0.4, -0.2) is 34.8 Å². The van der Waals surface area contributed by atoms with Crippen LogP contribution in [0.1, 0.15) is 51.9 Å². The summed E-state index contributed by atoms with van der Waals surface area (Å²) in [6.07, 6.45) is 5.42. The fraction of sp³-hybridized carbons (Fsp3) is 0.286. The van der Waals surface area contributed by atoms with E-state index in [0.29, 0.717) is 37.2 Å². The maximum Gasteiger partial charge on any atom is 0.341 e. The first-order valence-corrected chi connectivity index (χ1v) is 11.7. The van der Waals surface area contributed by atoms with Gasteiger partial charge in [-0.15, -0.1) is 0 Å². The summed E-state index contributed by atoms with van der Waals surface area (Å²) >= 11 is 0. The van der Waals surface area contributed by atoms with E-state index in [1.165, 1.54) is 0 Å². The third-order valence-corrected chi connectivity index (χ3v) is 7.39. The van der Waals surface area contributed by atoms with E-state index in [-0.39, 0.29) is 11.9 Å². The average Bonchev–Trinajstić information content (AvgIpc) is 3.53. The monoisotopic (exact) mass is 465 g/mol. The van der Waals surface area contributed by atoms with Crippen LogP contribution >= 0.6 is 0 Å². The van der Waals surface area contributed by atoms with Gasteiger partial charge in [-0.1, -0.05) is 24.3 Å². The van der Waals surface area contributed by atoms with Crippen molar-refractivity contribution in [1.29, 1.82) is 5.26 Å². The summed E-state index contributed by atoms with van der Waals surface area (Å²) in [5, 5.41) is 8.91. The first kappa shape index (κ1) is 21.4. The normalized spacial score (nSPS) is 21.3. The molecule has 1 amide bonds. The summed E-state index contributed by atoms with van der Waals surface area (Å²) in [7, 11) is 0. The molecule has 3 heterocycles. The molecule has 1 saturated heterocycles. The Morgan fingerprint density at radius 1 is 1.09 bits per heavy atom. The standard InChI is InChI=1S/C28H23N3O4/c29-15-19-1-3-20(4-2-19)17-34-22-7-5-21(6-8-22)27(10-11-27)26(33)31-14-12-28(18-31)24-9-13-30-16-23(24)25(32)35-28/h1-9,13,16H,10-12,14,17-18H2. The number of amides is 1. The molecule has 1 saturated carbocycles. The van der Waals surface area contributed by atoms with Gasteiger partial charge >= 0.3 is 5.97 Å². The minimum Gasteiger partial charge on any atom is -0.489 e. The van der Waals surface area contributed by atoms with E-state index in [1.54, 1.807) is 24.5 Å². The van der Waals surface area contributed by atoms with Crippen LogP contribution in [0.3, 0.4) is 0 Å². The molecular weight excluding hydrogens is 442 g/mol. The maximum absolute atomic E-state index is 13.6. The Kier molecular flexibility index (Phi) is 4.85. The Labute approximate surface area is 202 Å². The minimum absolute atomic E-state index is 0.0965. The van der Waals surface area contributed by atoms with Crippen LogP contribution in [-0.2, 0) is 27.2 Å². The molecule has 1 atom stereocenters. The lowest BCUT2D eigenvalue weighted by molar-refractivity contribution is -0.134. The van der Waals surface area contributed by atoms with Crippen molar-refractivity contribution in [2.45, 2.75) is 36.9 Å². The molecule has 0 bridgehead atoms. The van der Waals surface area contributed by atoms with E-state index in [2.05, 4.69) is 11.1 Å². The number of fused-ring (bicyclic) bond motifs is 2. The number of esters is 1. The van der Waals surface area contributed by atoms with Crippen LogP contribution in [0.15, 0.2) is 67.0 Å². The number of aromatic nitrogens is 1. The number of carbonyl (C=O) groups excluding carboxylic acids is 2. The molecule has 0 N–H and O–H groups in total. The number of carbonyl (C=O) groups is 2. The highest BCUT2D eigenvalue weighted by Gasteiger charge is 2.57. The van der Waals surface area contributed by atoms with Crippen LogP contribution in [0.25, 0.3) is 0 Å². The van der Waals surface area contributed by atoms with Gasteiger partial charge in [0.2, 0.25) is 5.91 Å². The van der Waals surface area contributed by atoms with Crippen LogP contribution in [0.2, 0.25) is 0 Å². The van der Waals surface area contributed by atoms with Gasteiger partial charge < -0.3 is 14.4 Å². The summed E-state index contributed by atoms with van der Waals surface area (Å²) in [5.74, 6) is 0.462. The molecule has 7 nitrogen and oxygen atoms in total. The lowest BCUT2D eigenvalue weighted by Gasteiger charge is -2.27. The summed E-state index contributed by atoms with van der Waals surface area (Å²) in [5.41, 5.74) is 2.65. The molecule has 3 aromatic rings. The number of nitrogens with zero attached hydrogens (tertiary/aromatic N) is 3. The van der Waals surface area contributed by atoms with Crippen molar-refractivity contribution in [1.82, 2.24) is 9.88 Å². The van der Waals surface area contributed by atoms with E-state index in [0.717, 1.165) is 35.3 Å². The van der Waals surface area contributed by atoms with Crippen LogP contribution in [0.5, 0.6) is 5.75 Å². The quantitative estimate of drug-likeness (QED) is 0.532. The number of hydrogen-bond donors (Lipinski definition) is 0. The smallest absolute Gasteiger partial charge is 0.341 e. The van der Waals surface area contributed by atoms with Gasteiger partial charge in [-0.05, 0) is 54.3 Å².